The van der Waals surface area contributed by atoms with E-state index in [1.165, 1.54) is 10.5 Å². The SMILES string of the molecule is COc1ccc(Sc2ccc(F)cc2C2CCNCC2)c(C)c1. The molecular weight excluding hydrogens is 309 g/mol. The lowest BCUT2D eigenvalue weighted by Gasteiger charge is -2.25. The van der Waals surface area contributed by atoms with Crippen molar-refractivity contribution < 1.29 is 9.13 Å². The highest BCUT2D eigenvalue weighted by atomic mass is 32.2. The maximum Gasteiger partial charge on any atom is 0.123 e. The van der Waals surface area contributed by atoms with Crippen molar-refractivity contribution in [2.45, 2.75) is 35.5 Å². The zero-order valence-electron chi connectivity index (χ0n) is 13.6. The summed E-state index contributed by atoms with van der Waals surface area (Å²) in [5, 5.41) is 3.38. The van der Waals surface area contributed by atoms with Gasteiger partial charge in [0, 0.05) is 9.79 Å². The van der Waals surface area contributed by atoms with E-state index in [0.717, 1.165) is 42.1 Å². The Morgan fingerprint density at radius 3 is 2.52 bits per heavy atom. The van der Waals surface area contributed by atoms with Crippen molar-refractivity contribution in [1.29, 1.82) is 0 Å². The molecule has 1 fully saturated rings. The van der Waals surface area contributed by atoms with Gasteiger partial charge in [-0.15, -0.1) is 0 Å². The first kappa shape index (κ1) is 16.3. The fourth-order valence-corrected chi connectivity index (χ4v) is 4.12. The van der Waals surface area contributed by atoms with Gasteiger partial charge < -0.3 is 10.1 Å². The highest BCUT2D eigenvalue weighted by Gasteiger charge is 2.19. The van der Waals surface area contributed by atoms with Crippen molar-refractivity contribution in [3.8, 4) is 5.75 Å². The molecule has 1 saturated heterocycles. The van der Waals surface area contributed by atoms with Crippen LogP contribution in [0.1, 0.15) is 29.9 Å². The summed E-state index contributed by atoms with van der Waals surface area (Å²) in [4.78, 5) is 2.35. The number of methoxy groups -OCH3 is 1. The van der Waals surface area contributed by atoms with Crippen molar-refractivity contribution in [3.05, 3.63) is 53.3 Å². The molecule has 1 heterocycles. The average molecular weight is 331 g/mol. The van der Waals surface area contributed by atoms with Gasteiger partial charge in [0.1, 0.15) is 11.6 Å². The van der Waals surface area contributed by atoms with Crippen LogP contribution < -0.4 is 10.1 Å². The van der Waals surface area contributed by atoms with E-state index in [1.54, 1.807) is 31.0 Å². The molecule has 4 heteroatoms. The molecule has 0 aromatic heterocycles. The Labute approximate surface area is 141 Å². The Bertz CT molecular complexity index is 683. The molecule has 23 heavy (non-hydrogen) atoms. The third kappa shape index (κ3) is 3.88. The molecule has 1 aliphatic heterocycles. The van der Waals surface area contributed by atoms with Gasteiger partial charge in [-0.3, -0.25) is 0 Å². The molecule has 0 amide bonds. The number of halogens is 1. The zero-order valence-corrected chi connectivity index (χ0v) is 14.4. The maximum absolute atomic E-state index is 13.8. The minimum absolute atomic E-state index is 0.144. The van der Waals surface area contributed by atoms with Gasteiger partial charge >= 0.3 is 0 Å². The fraction of sp³-hybridized carbons (Fsp3) is 0.368. The number of ether oxygens (including phenoxy) is 1. The summed E-state index contributed by atoms with van der Waals surface area (Å²) in [6, 6.07) is 11.3. The van der Waals surface area contributed by atoms with E-state index in [0.29, 0.717) is 5.92 Å². The smallest absolute Gasteiger partial charge is 0.123 e. The van der Waals surface area contributed by atoms with Gasteiger partial charge in [0.25, 0.3) is 0 Å². The lowest BCUT2D eigenvalue weighted by molar-refractivity contribution is 0.414. The quantitative estimate of drug-likeness (QED) is 0.873. The van der Waals surface area contributed by atoms with Crippen LogP contribution in [0.5, 0.6) is 5.75 Å². The topological polar surface area (TPSA) is 21.3 Å². The van der Waals surface area contributed by atoms with Crippen LogP contribution in [0.4, 0.5) is 4.39 Å². The predicted molar refractivity (Wildman–Crippen MR) is 93.1 cm³/mol. The molecule has 2 nitrogen and oxygen atoms in total. The van der Waals surface area contributed by atoms with Gasteiger partial charge in [0.05, 0.1) is 7.11 Å². The number of hydrogen-bond acceptors (Lipinski definition) is 3. The number of rotatable bonds is 4. The van der Waals surface area contributed by atoms with E-state index in [1.807, 2.05) is 18.2 Å². The molecular formula is C19H22FNOS. The van der Waals surface area contributed by atoms with E-state index in [2.05, 4.69) is 18.3 Å². The lowest BCUT2D eigenvalue weighted by atomic mass is 9.90. The standard InChI is InChI=1S/C19H22FNOS/c1-13-11-16(22-2)4-6-18(13)23-19-5-3-15(20)12-17(19)14-7-9-21-10-8-14/h3-6,11-12,14,21H,7-10H2,1-2H3. The van der Waals surface area contributed by atoms with Crippen molar-refractivity contribution in [2.75, 3.05) is 20.2 Å². The monoisotopic (exact) mass is 331 g/mol. The summed E-state index contributed by atoms with van der Waals surface area (Å²) < 4.78 is 19.0. The summed E-state index contributed by atoms with van der Waals surface area (Å²) in [5.41, 5.74) is 2.32. The lowest BCUT2D eigenvalue weighted by Crippen LogP contribution is -2.26. The zero-order chi connectivity index (χ0) is 16.2. The third-order valence-corrected chi connectivity index (χ3v) is 5.62. The second-order valence-corrected chi connectivity index (χ2v) is 7.02. The Kier molecular flexibility index (Phi) is 5.23. The van der Waals surface area contributed by atoms with Crippen LogP contribution in [0.25, 0.3) is 0 Å². The molecule has 0 saturated carbocycles. The van der Waals surface area contributed by atoms with Crippen LogP contribution >= 0.6 is 11.8 Å². The van der Waals surface area contributed by atoms with Gasteiger partial charge in [-0.05, 0) is 86.3 Å². The van der Waals surface area contributed by atoms with Gasteiger partial charge in [-0.1, -0.05) is 11.8 Å². The Hall–Kier alpha value is -1.52. The first-order valence-corrected chi connectivity index (χ1v) is 8.81. The van der Waals surface area contributed by atoms with Gasteiger partial charge in [-0.25, -0.2) is 4.39 Å². The molecule has 0 bridgehead atoms. The Morgan fingerprint density at radius 2 is 1.83 bits per heavy atom. The van der Waals surface area contributed by atoms with Crippen LogP contribution in [0.2, 0.25) is 0 Å². The van der Waals surface area contributed by atoms with Gasteiger partial charge in [0.2, 0.25) is 0 Å². The molecule has 0 atom stereocenters. The number of benzene rings is 2. The van der Waals surface area contributed by atoms with E-state index in [-0.39, 0.29) is 5.82 Å². The van der Waals surface area contributed by atoms with Crippen LogP contribution in [0.15, 0.2) is 46.2 Å². The van der Waals surface area contributed by atoms with E-state index in [4.69, 9.17) is 4.74 Å². The molecule has 0 spiro atoms. The molecule has 3 rings (SSSR count). The average Bonchev–Trinajstić information content (AvgIpc) is 2.58. The van der Waals surface area contributed by atoms with Gasteiger partial charge in [0.15, 0.2) is 0 Å². The minimum Gasteiger partial charge on any atom is -0.497 e. The minimum atomic E-state index is -0.144. The van der Waals surface area contributed by atoms with Crippen molar-refractivity contribution in [1.82, 2.24) is 5.32 Å². The molecule has 0 aliphatic carbocycles. The number of aryl methyl sites for hydroxylation is 1. The van der Waals surface area contributed by atoms with E-state index >= 15 is 0 Å². The molecule has 1 aliphatic rings. The number of piperidine rings is 1. The Balaban J connectivity index is 1.90. The molecule has 0 radical (unpaired) electrons. The van der Waals surface area contributed by atoms with Crippen molar-refractivity contribution in [2.24, 2.45) is 0 Å². The van der Waals surface area contributed by atoms with Crippen molar-refractivity contribution in [3.63, 3.8) is 0 Å². The predicted octanol–water partition coefficient (Wildman–Crippen LogP) is 4.76. The molecule has 1 N–H and O–H groups in total. The van der Waals surface area contributed by atoms with Crippen LogP contribution in [-0.4, -0.2) is 20.2 Å². The maximum atomic E-state index is 13.8. The second-order valence-electron chi connectivity index (χ2n) is 5.94. The van der Waals surface area contributed by atoms with Crippen LogP contribution in [0.3, 0.4) is 0 Å². The molecule has 0 unspecified atom stereocenters. The van der Waals surface area contributed by atoms with E-state index < -0.39 is 0 Å². The fourth-order valence-electron chi connectivity index (χ4n) is 3.05. The number of hydrogen-bond donors (Lipinski definition) is 1. The van der Waals surface area contributed by atoms with Crippen LogP contribution in [0, 0.1) is 12.7 Å². The molecule has 2 aromatic carbocycles. The van der Waals surface area contributed by atoms with Gasteiger partial charge in [-0.2, -0.15) is 0 Å². The van der Waals surface area contributed by atoms with Crippen molar-refractivity contribution >= 4 is 11.8 Å². The first-order valence-electron chi connectivity index (χ1n) is 8.00. The third-order valence-electron chi connectivity index (χ3n) is 4.35. The molecule has 2 aromatic rings. The summed E-state index contributed by atoms with van der Waals surface area (Å²) >= 11 is 1.72. The molecule has 122 valence electrons. The largest absolute Gasteiger partial charge is 0.497 e. The first-order chi connectivity index (χ1) is 11.2. The van der Waals surface area contributed by atoms with Crippen LogP contribution in [-0.2, 0) is 0 Å². The van der Waals surface area contributed by atoms with E-state index in [9.17, 15) is 4.39 Å². The second kappa shape index (κ2) is 7.37. The summed E-state index contributed by atoms with van der Waals surface area (Å²) in [6.45, 7) is 4.10. The summed E-state index contributed by atoms with van der Waals surface area (Å²) in [5.74, 6) is 1.16. The highest BCUT2D eigenvalue weighted by Crippen LogP contribution is 2.39. The highest BCUT2D eigenvalue weighted by molar-refractivity contribution is 7.99. The summed E-state index contributed by atoms with van der Waals surface area (Å²) in [6.07, 6.45) is 2.14. The summed E-state index contributed by atoms with van der Waals surface area (Å²) in [7, 11) is 1.68. The number of nitrogens with one attached hydrogen (secondary N) is 1. The Morgan fingerprint density at radius 1 is 1.09 bits per heavy atom. The normalized spacial score (nSPS) is 15.6.